The van der Waals surface area contributed by atoms with Crippen molar-refractivity contribution in [1.29, 1.82) is 0 Å². The van der Waals surface area contributed by atoms with Crippen LogP contribution in [0.1, 0.15) is 17.5 Å². The zero-order valence-corrected chi connectivity index (χ0v) is 12.8. The van der Waals surface area contributed by atoms with Crippen molar-refractivity contribution in [3.63, 3.8) is 0 Å². The number of ketones is 1. The number of hydrogen-bond donors (Lipinski definition) is 1. The molecule has 2 rings (SSSR count). The van der Waals surface area contributed by atoms with Gasteiger partial charge in [-0.1, -0.05) is 12.1 Å². The van der Waals surface area contributed by atoms with E-state index in [-0.39, 0.29) is 28.7 Å². The average Bonchev–Trinajstić information content (AvgIpc) is 2.46. The van der Waals surface area contributed by atoms with Gasteiger partial charge < -0.3 is 5.73 Å². The highest BCUT2D eigenvalue weighted by molar-refractivity contribution is 9.10. The van der Waals surface area contributed by atoms with Crippen molar-refractivity contribution in [3.8, 4) is 0 Å². The number of nitrogen functional groups attached to an aromatic ring is 1. The van der Waals surface area contributed by atoms with Crippen LogP contribution in [0.15, 0.2) is 40.9 Å². The van der Waals surface area contributed by atoms with Gasteiger partial charge in [-0.15, -0.1) is 0 Å². The molecule has 0 aliphatic rings. The van der Waals surface area contributed by atoms with E-state index < -0.39 is 11.6 Å². The molecule has 0 atom stereocenters. The van der Waals surface area contributed by atoms with E-state index >= 15 is 0 Å². The molecule has 0 bridgehead atoms. The smallest absolute Gasteiger partial charge is 0.143 e. The molecule has 2 N–H and O–H groups in total. The van der Waals surface area contributed by atoms with Crippen LogP contribution in [0.3, 0.4) is 0 Å². The zero-order valence-electron chi connectivity index (χ0n) is 11.2. The van der Waals surface area contributed by atoms with Crippen LogP contribution in [0.4, 0.5) is 14.5 Å². The first-order valence-electron chi connectivity index (χ1n) is 6.46. The van der Waals surface area contributed by atoms with Gasteiger partial charge in [0.1, 0.15) is 17.4 Å². The highest BCUT2D eigenvalue weighted by Gasteiger charge is 2.15. The van der Waals surface area contributed by atoms with Crippen molar-refractivity contribution in [3.05, 3.63) is 63.6 Å². The fourth-order valence-corrected chi connectivity index (χ4v) is 2.42. The van der Waals surface area contributed by atoms with Gasteiger partial charge in [0.15, 0.2) is 0 Å². The second-order valence-electron chi connectivity index (χ2n) is 4.78. The fourth-order valence-electron chi connectivity index (χ4n) is 2.05. The van der Waals surface area contributed by atoms with Crippen LogP contribution in [-0.4, -0.2) is 5.78 Å². The lowest BCUT2D eigenvalue weighted by Crippen LogP contribution is -2.08. The molecule has 110 valence electrons. The summed E-state index contributed by atoms with van der Waals surface area (Å²) in [5.74, 6) is -1.63. The molecule has 2 nitrogen and oxygen atoms in total. The minimum Gasteiger partial charge on any atom is -0.399 e. The second-order valence-corrected chi connectivity index (χ2v) is 5.64. The van der Waals surface area contributed by atoms with E-state index in [0.29, 0.717) is 12.1 Å². The summed E-state index contributed by atoms with van der Waals surface area (Å²) < 4.78 is 27.5. The number of halogens is 3. The number of hydrogen-bond acceptors (Lipinski definition) is 2. The largest absolute Gasteiger partial charge is 0.399 e. The number of benzene rings is 2. The third-order valence-electron chi connectivity index (χ3n) is 3.16. The van der Waals surface area contributed by atoms with E-state index in [1.165, 1.54) is 6.07 Å². The Labute approximate surface area is 130 Å². The van der Waals surface area contributed by atoms with Gasteiger partial charge in [0, 0.05) is 24.1 Å². The van der Waals surface area contributed by atoms with E-state index in [4.69, 9.17) is 5.73 Å². The first-order valence-corrected chi connectivity index (χ1v) is 7.25. The third-order valence-corrected chi connectivity index (χ3v) is 3.77. The number of carbonyl (C=O) groups excluding carboxylic acids is 1. The monoisotopic (exact) mass is 353 g/mol. The maximum atomic E-state index is 13.8. The predicted molar refractivity (Wildman–Crippen MR) is 81.9 cm³/mol. The highest BCUT2D eigenvalue weighted by Crippen LogP contribution is 2.22. The molecule has 5 heteroatoms. The molecule has 21 heavy (non-hydrogen) atoms. The molecule has 0 unspecified atom stereocenters. The summed E-state index contributed by atoms with van der Waals surface area (Å²) >= 11 is 2.99. The van der Waals surface area contributed by atoms with Gasteiger partial charge in [0.25, 0.3) is 0 Å². The number of Topliss-reactive ketones (excluding diaryl/α,β-unsaturated/α-hetero) is 1. The molecule has 2 aromatic rings. The Bertz CT molecular complexity index is 673. The summed E-state index contributed by atoms with van der Waals surface area (Å²) in [6.45, 7) is 0. The molecule has 0 aromatic heterocycles. The Morgan fingerprint density at radius 2 is 1.95 bits per heavy atom. The number of anilines is 1. The molecule has 0 saturated carbocycles. The summed E-state index contributed by atoms with van der Waals surface area (Å²) in [6, 6.07) is 9.65. The van der Waals surface area contributed by atoms with E-state index in [2.05, 4.69) is 15.9 Å². The van der Waals surface area contributed by atoms with Crippen LogP contribution in [-0.2, 0) is 17.6 Å². The van der Waals surface area contributed by atoms with E-state index in [1.807, 2.05) is 12.1 Å². The van der Waals surface area contributed by atoms with Gasteiger partial charge in [0.05, 0.1) is 4.47 Å². The standard InChI is InChI=1S/C16H14BrF2NO/c17-14-6-7-15(18)13(16(14)19)9-12(21)5-4-10-2-1-3-11(20)8-10/h1-3,6-8H,4-5,9,20H2. The van der Waals surface area contributed by atoms with E-state index in [9.17, 15) is 13.6 Å². The van der Waals surface area contributed by atoms with E-state index in [0.717, 1.165) is 11.6 Å². The topological polar surface area (TPSA) is 43.1 Å². The fraction of sp³-hybridized carbons (Fsp3) is 0.188. The lowest BCUT2D eigenvalue weighted by atomic mass is 10.0. The SMILES string of the molecule is Nc1cccc(CCC(=O)Cc2c(F)ccc(Br)c2F)c1. The first-order chi connectivity index (χ1) is 9.97. The van der Waals surface area contributed by atoms with Gasteiger partial charge in [-0.2, -0.15) is 0 Å². The number of carbonyl (C=O) groups is 1. The molecule has 0 heterocycles. The van der Waals surface area contributed by atoms with Crippen molar-refractivity contribution >= 4 is 27.4 Å². The Hall–Kier alpha value is -1.75. The van der Waals surface area contributed by atoms with Crippen molar-refractivity contribution < 1.29 is 13.6 Å². The third kappa shape index (κ3) is 4.11. The zero-order chi connectivity index (χ0) is 15.4. The maximum absolute atomic E-state index is 13.8. The normalized spacial score (nSPS) is 10.6. The van der Waals surface area contributed by atoms with Crippen LogP contribution in [0.2, 0.25) is 0 Å². The summed E-state index contributed by atoms with van der Waals surface area (Å²) in [4.78, 5) is 11.9. The Morgan fingerprint density at radius 1 is 1.19 bits per heavy atom. The molecule has 0 saturated heterocycles. The molecule has 0 fully saturated rings. The molecular formula is C16H14BrF2NO. The Kier molecular flexibility index (Phi) is 5.07. The Morgan fingerprint density at radius 3 is 2.67 bits per heavy atom. The van der Waals surface area contributed by atoms with Crippen molar-refractivity contribution in [1.82, 2.24) is 0 Å². The summed E-state index contributed by atoms with van der Waals surface area (Å²) in [6.07, 6.45) is 0.468. The molecular weight excluding hydrogens is 340 g/mol. The highest BCUT2D eigenvalue weighted by atomic mass is 79.9. The van der Waals surface area contributed by atoms with Crippen LogP contribution in [0.5, 0.6) is 0 Å². The second kappa shape index (κ2) is 6.80. The average molecular weight is 354 g/mol. The van der Waals surface area contributed by atoms with E-state index in [1.54, 1.807) is 12.1 Å². The molecule has 0 aliphatic carbocycles. The number of rotatable bonds is 5. The predicted octanol–water partition coefficient (Wildman–Crippen LogP) is 4.05. The van der Waals surface area contributed by atoms with Gasteiger partial charge in [0.2, 0.25) is 0 Å². The van der Waals surface area contributed by atoms with Crippen molar-refractivity contribution in [2.75, 3.05) is 5.73 Å². The maximum Gasteiger partial charge on any atom is 0.143 e. The minimum atomic E-state index is -0.715. The lowest BCUT2D eigenvalue weighted by molar-refractivity contribution is -0.118. The van der Waals surface area contributed by atoms with Crippen LogP contribution >= 0.6 is 15.9 Å². The summed E-state index contributed by atoms with van der Waals surface area (Å²) in [7, 11) is 0. The van der Waals surface area contributed by atoms with Crippen LogP contribution in [0, 0.1) is 11.6 Å². The van der Waals surface area contributed by atoms with Gasteiger partial charge in [-0.05, 0) is 52.2 Å². The molecule has 2 aromatic carbocycles. The molecule has 0 amide bonds. The van der Waals surface area contributed by atoms with Crippen molar-refractivity contribution in [2.45, 2.75) is 19.3 Å². The molecule has 0 radical (unpaired) electrons. The summed E-state index contributed by atoms with van der Waals surface area (Å²) in [5, 5.41) is 0. The number of aryl methyl sites for hydroxylation is 1. The van der Waals surface area contributed by atoms with Gasteiger partial charge in [-0.25, -0.2) is 8.78 Å². The number of nitrogens with two attached hydrogens (primary N) is 1. The van der Waals surface area contributed by atoms with Crippen molar-refractivity contribution in [2.24, 2.45) is 0 Å². The molecule has 0 aliphatic heterocycles. The lowest BCUT2D eigenvalue weighted by Gasteiger charge is -2.06. The van der Waals surface area contributed by atoms with Gasteiger partial charge >= 0.3 is 0 Å². The van der Waals surface area contributed by atoms with Crippen LogP contribution < -0.4 is 5.73 Å². The quantitative estimate of drug-likeness (QED) is 0.650. The first kappa shape index (κ1) is 15.6. The van der Waals surface area contributed by atoms with Crippen LogP contribution in [0.25, 0.3) is 0 Å². The molecule has 0 spiro atoms. The van der Waals surface area contributed by atoms with Gasteiger partial charge in [-0.3, -0.25) is 4.79 Å². The minimum absolute atomic E-state index is 0.155. The Balaban J connectivity index is 2.01. The summed E-state index contributed by atoms with van der Waals surface area (Å²) in [5.41, 5.74) is 7.02.